The van der Waals surface area contributed by atoms with Crippen molar-refractivity contribution in [2.24, 2.45) is 0 Å². The van der Waals surface area contributed by atoms with E-state index in [4.69, 9.17) is 0 Å². The molecule has 0 aromatic heterocycles. The van der Waals surface area contributed by atoms with Crippen molar-refractivity contribution in [3.63, 3.8) is 0 Å². The predicted octanol–water partition coefficient (Wildman–Crippen LogP) is 1.98. The van der Waals surface area contributed by atoms with Gasteiger partial charge in [0.05, 0.1) is 6.42 Å². The second-order valence-electron chi connectivity index (χ2n) is 4.11. The zero-order valence-electron chi connectivity index (χ0n) is 9.16. The molecule has 3 nitrogen and oxygen atoms in total. The summed E-state index contributed by atoms with van der Waals surface area (Å²) in [6.07, 6.45) is 1.09. The Morgan fingerprint density at radius 3 is 2.71 bits per heavy atom. The molecule has 17 heavy (non-hydrogen) atoms. The van der Waals surface area contributed by atoms with E-state index in [1.807, 2.05) is 18.2 Å². The number of imide groups is 1. The zero-order chi connectivity index (χ0) is 11.8. The van der Waals surface area contributed by atoms with Crippen LogP contribution in [0.1, 0.15) is 18.4 Å². The first-order valence-corrected chi connectivity index (χ1v) is 6.52. The number of hydrogen-bond acceptors (Lipinski definition) is 3. The van der Waals surface area contributed by atoms with Crippen molar-refractivity contribution < 1.29 is 9.59 Å². The maximum Gasteiger partial charge on any atom is 0.254 e. The van der Waals surface area contributed by atoms with Crippen LogP contribution in [0.15, 0.2) is 34.7 Å². The van der Waals surface area contributed by atoms with Gasteiger partial charge in [-0.05, 0) is 23.6 Å². The molecule has 0 atom stereocenters. The minimum Gasteiger partial charge on any atom is -0.292 e. The summed E-state index contributed by atoms with van der Waals surface area (Å²) in [4.78, 5) is 24.1. The number of nitrogens with one attached hydrogen (secondary N) is 1. The molecule has 0 bridgehead atoms. The van der Waals surface area contributed by atoms with Crippen LogP contribution in [0.4, 0.5) is 0 Å². The number of amides is 2. The highest BCUT2D eigenvalue weighted by Gasteiger charge is 2.29. The van der Waals surface area contributed by atoms with Crippen LogP contribution in [0, 0.1) is 0 Å². The van der Waals surface area contributed by atoms with Gasteiger partial charge in [-0.2, -0.15) is 0 Å². The van der Waals surface area contributed by atoms with E-state index >= 15 is 0 Å². The van der Waals surface area contributed by atoms with Gasteiger partial charge in [0, 0.05) is 16.2 Å². The van der Waals surface area contributed by atoms with Crippen LogP contribution < -0.4 is 5.32 Å². The van der Waals surface area contributed by atoms with E-state index in [2.05, 4.69) is 11.4 Å². The molecule has 2 heterocycles. The van der Waals surface area contributed by atoms with E-state index in [1.165, 1.54) is 4.90 Å². The number of fused-ring (bicyclic) bond motifs is 1. The van der Waals surface area contributed by atoms with Crippen molar-refractivity contribution in [3.8, 4) is 0 Å². The van der Waals surface area contributed by atoms with E-state index in [1.54, 1.807) is 11.8 Å². The number of thioether (sulfide) groups is 1. The molecule has 0 aliphatic carbocycles. The van der Waals surface area contributed by atoms with Gasteiger partial charge in [-0.3, -0.25) is 14.9 Å². The monoisotopic (exact) mass is 245 g/mol. The van der Waals surface area contributed by atoms with Gasteiger partial charge in [0.25, 0.3) is 5.91 Å². The second-order valence-corrected chi connectivity index (χ2v) is 5.24. The Balaban J connectivity index is 2.14. The molecule has 1 saturated heterocycles. The van der Waals surface area contributed by atoms with Crippen LogP contribution in [-0.2, 0) is 9.59 Å². The van der Waals surface area contributed by atoms with Crippen molar-refractivity contribution in [1.82, 2.24) is 5.32 Å². The molecule has 1 aromatic rings. The fraction of sp³-hybridized carbons (Fsp3) is 0.231. The summed E-state index contributed by atoms with van der Waals surface area (Å²) in [5.74, 6) is 0.567. The van der Waals surface area contributed by atoms with Crippen molar-refractivity contribution in [2.45, 2.75) is 17.7 Å². The smallest absolute Gasteiger partial charge is 0.254 e. The van der Waals surface area contributed by atoms with Gasteiger partial charge in [-0.25, -0.2) is 0 Å². The molecule has 2 aliphatic rings. The first-order valence-electron chi connectivity index (χ1n) is 5.54. The van der Waals surface area contributed by atoms with E-state index in [0.29, 0.717) is 5.57 Å². The Morgan fingerprint density at radius 1 is 1.12 bits per heavy atom. The van der Waals surface area contributed by atoms with E-state index in [9.17, 15) is 9.59 Å². The minimum atomic E-state index is -0.216. The Labute approximate surface area is 103 Å². The zero-order valence-corrected chi connectivity index (χ0v) is 9.97. The van der Waals surface area contributed by atoms with Crippen LogP contribution in [0.25, 0.3) is 5.57 Å². The predicted molar refractivity (Wildman–Crippen MR) is 66.5 cm³/mol. The van der Waals surface area contributed by atoms with Gasteiger partial charge in [-0.15, -0.1) is 11.8 Å². The summed E-state index contributed by atoms with van der Waals surface area (Å²) in [5, 5.41) is 2.35. The Bertz CT molecular complexity index is 548. The number of hydrogen-bond donors (Lipinski definition) is 1. The van der Waals surface area contributed by atoms with Crippen molar-refractivity contribution in [2.75, 3.05) is 5.75 Å². The third-order valence-electron chi connectivity index (χ3n) is 3.05. The topological polar surface area (TPSA) is 46.2 Å². The van der Waals surface area contributed by atoms with Gasteiger partial charge < -0.3 is 0 Å². The van der Waals surface area contributed by atoms with Crippen LogP contribution in [0.5, 0.6) is 0 Å². The first-order chi connectivity index (χ1) is 8.25. The maximum absolute atomic E-state index is 11.7. The van der Waals surface area contributed by atoms with Gasteiger partial charge in [0.2, 0.25) is 5.91 Å². The van der Waals surface area contributed by atoms with Crippen molar-refractivity contribution >= 4 is 29.1 Å². The summed E-state index contributed by atoms with van der Waals surface area (Å²) in [6.45, 7) is 0. The van der Waals surface area contributed by atoms with Gasteiger partial charge in [-0.1, -0.05) is 18.2 Å². The lowest BCUT2D eigenvalue weighted by Gasteiger charge is -2.19. The summed E-state index contributed by atoms with van der Waals surface area (Å²) in [6, 6.07) is 8.06. The molecular weight excluding hydrogens is 234 g/mol. The highest BCUT2D eigenvalue weighted by atomic mass is 32.2. The molecule has 2 amide bonds. The first kappa shape index (κ1) is 10.6. The molecule has 1 N–H and O–H groups in total. The highest BCUT2D eigenvalue weighted by Crippen LogP contribution is 2.39. The van der Waals surface area contributed by atoms with E-state index < -0.39 is 0 Å². The third kappa shape index (κ3) is 1.78. The molecule has 0 saturated carbocycles. The molecule has 0 spiro atoms. The standard InChI is InChI=1S/C13H11NO2S/c15-12-7-10(13(16)14-12)8-5-6-17-11-4-2-1-3-9(8)11/h1-4H,5-7H2,(H,14,15,16). The normalized spacial score (nSPS) is 23.5. The number of allylic oxidation sites excluding steroid dienone is 1. The van der Waals surface area contributed by atoms with Gasteiger partial charge in [0.1, 0.15) is 0 Å². The third-order valence-corrected chi connectivity index (χ3v) is 4.13. The lowest BCUT2D eigenvalue weighted by molar-refractivity contribution is -0.124. The van der Waals surface area contributed by atoms with E-state index in [-0.39, 0.29) is 18.2 Å². The number of benzene rings is 1. The number of carbonyl (C=O) groups excluding carboxylic acids is 2. The molecule has 1 fully saturated rings. The average Bonchev–Trinajstić information content (AvgIpc) is 2.68. The lowest BCUT2D eigenvalue weighted by atomic mass is 9.96. The molecule has 86 valence electrons. The fourth-order valence-corrected chi connectivity index (χ4v) is 3.33. The minimum absolute atomic E-state index is 0.187. The molecule has 1 aromatic carbocycles. The Kier molecular flexibility index (Phi) is 2.52. The van der Waals surface area contributed by atoms with Crippen LogP contribution >= 0.6 is 11.8 Å². The molecule has 0 radical (unpaired) electrons. The van der Waals surface area contributed by atoms with Crippen molar-refractivity contribution in [3.05, 3.63) is 35.4 Å². The van der Waals surface area contributed by atoms with Gasteiger partial charge >= 0.3 is 0 Å². The van der Waals surface area contributed by atoms with Crippen LogP contribution in [0.2, 0.25) is 0 Å². The molecular formula is C13H11NO2S. The number of rotatable bonds is 0. The molecule has 3 rings (SSSR count). The van der Waals surface area contributed by atoms with Crippen LogP contribution in [-0.4, -0.2) is 17.6 Å². The summed E-state index contributed by atoms with van der Waals surface area (Å²) >= 11 is 1.80. The van der Waals surface area contributed by atoms with Crippen molar-refractivity contribution in [1.29, 1.82) is 0 Å². The summed E-state index contributed by atoms with van der Waals surface area (Å²) in [5.41, 5.74) is 2.81. The maximum atomic E-state index is 11.7. The quantitative estimate of drug-likeness (QED) is 0.561. The highest BCUT2D eigenvalue weighted by molar-refractivity contribution is 7.99. The summed E-state index contributed by atoms with van der Waals surface area (Å²) < 4.78 is 0. The molecule has 2 aliphatic heterocycles. The number of carbonyl (C=O) groups is 2. The largest absolute Gasteiger partial charge is 0.292 e. The van der Waals surface area contributed by atoms with E-state index in [0.717, 1.165) is 23.3 Å². The SMILES string of the molecule is O=C1CC(=C2CCSc3ccccc32)C(=O)N1. The average molecular weight is 245 g/mol. The van der Waals surface area contributed by atoms with Gasteiger partial charge in [0.15, 0.2) is 0 Å². The Hall–Kier alpha value is -1.55. The second kappa shape index (κ2) is 4.04. The molecule has 4 heteroatoms. The van der Waals surface area contributed by atoms with Crippen LogP contribution in [0.3, 0.4) is 0 Å². The summed E-state index contributed by atoms with van der Waals surface area (Å²) in [7, 11) is 0. The Morgan fingerprint density at radius 2 is 1.94 bits per heavy atom. The lowest BCUT2D eigenvalue weighted by Crippen LogP contribution is -2.20. The fourth-order valence-electron chi connectivity index (χ4n) is 2.28. The molecule has 0 unspecified atom stereocenters.